The summed E-state index contributed by atoms with van der Waals surface area (Å²) >= 11 is 0. The van der Waals surface area contributed by atoms with E-state index in [9.17, 15) is 0 Å². The lowest BCUT2D eigenvalue weighted by atomic mass is 10.2. The highest BCUT2D eigenvalue weighted by Crippen LogP contribution is 2.24. The Morgan fingerprint density at radius 2 is 1.37 bits per heavy atom. The number of hydrogen-bond donors (Lipinski definition) is 0. The Bertz CT molecular complexity index is 888. The van der Waals surface area contributed by atoms with Crippen molar-refractivity contribution in [3.05, 3.63) is 53.9 Å². The summed E-state index contributed by atoms with van der Waals surface area (Å²) in [6, 6.07) is 14.8. The second kappa shape index (κ2) is 8.76. The molecule has 0 bridgehead atoms. The van der Waals surface area contributed by atoms with E-state index in [4.69, 9.17) is 4.42 Å². The Morgan fingerprint density at radius 1 is 0.778 bits per heavy atom. The maximum atomic E-state index is 5.93. The molecule has 0 unspecified atom stereocenters. The molecule has 0 N–H and O–H groups in total. The molecule has 3 rings (SSSR count). The molecule has 0 aliphatic rings. The van der Waals surface area contributed by atoms with E-state index >= 15 is 0 Å². The minimum Gasteiger partial charge on any atom is -0.437 e. The summed E-state index contributed by atoms with van der Waals surface area (Å²) in [7, 11) is 0. The summed E-state index contributed by atoms with van der Waals surface area (Å²) in [5.41, 5.74) is 5.28. The third kappa shape index (κ3) is 4.33. The van der Waals surface area contributed by atoms with Gasteiger partial charge in [0, 0.05) is 49.7 Å². The van der Waals surface area contributed by atoms with Crippen molar-refractivity contribution in [2.24, 2.45) is 0 Å². The van der Waals surface area contributed by atoms with Crippen molar-refractivity contribution in [3.8, 4) is 0 Å². The lowest BCUT2D eigenvalue weighted by Crippen LogP contribution is -2.21. The topological polar surface area (TPSA) is 32.5 Å². The van der Waals surface area contributed by atoms with Gasteiger partial charge in [-0.2, -0.15) is 0 Å². The van der Waals surface area contributed by atoms with Gasteiger partial charge < -0.3 is 14.2 Å². The lowest BCUT2D eigenvalue weighted by Gasteiger charge is -2.20. The van der Waals surface area contributed by atoms with Gasteiger partial charge in [0.05, 0.1) is 0 Å². The zero-order valence-electron chi connectivity index (χ0n) is 16.8. The van der Waals surface area contributed by atoms with Crippen molar-refractivity contribution < 1.29 is 4.42 Å². The molecule has 0 aliphatic carbocycles. The minimum atomic E-state index is 0.634. The van der Waals surface area contributed by atoms with E-state index in [1.807, 2.05) is 18.2 Å². The number of hydrogen-bond acceptors (Lipinski definition) is 4. The smallest absolute Gasteiger partial charge is 0.220 e. The standard InChI is InChI=1S/C23H29N3O/c1-5-25(6-2)19-12-9-18(10-13-19)11-16-23-24-21-15-14-20(17-22(21)27-23)26(7-3)8-4/h9-17H,5-8H2,1-4H3/b16-11+. The zero-order chi connectivity index (χ0) is 19.2. The van der Waals surface area contributed by atoms with Crippen LogP contribution >= 0.6 is 0 Å². The van der Waals surface area contributed by atoms with Crippen LogP contribution in [0.3, 0.4) is 0 Å². The van der Waals surface area contributed by atoms with Crippen LogP contribution in [0.1, 0.15) is 39.1 Å². The number of aromatic nitrogens is 1. The van der Waals surface area contributed by atoms with Crippen LogP contribution in [-0.2, 0) is 0 Å². The summed E-state index contributed by atoms with van der Waals surface area (Å²) in [5.74, 6) is 0.634. The normalized spacial score (nSPS) is 11.4. The van der Waals surface area contributed by atoms with Gasteiger partial charge in [-0.1, -0.05) is 12.1 Å². The fourth-order valence-corrected chi connectivity index (χ4v) is 3.34. The Balaban J connectivity index is 1.77. The molecule has 3 aromatic rings. The quantitative estimate of drug-likeness (QED) is 0.514. The summed E-state index contributed by atoms with van der Waals surface area (Å²) in [6.07, 6.45) is 3.98. The number of nitrogens with zero attached hydrogens (tertiary/aromatic N) is 3. The monoisotopic (exact) mass is 363 g/mol. The fraction of sp³-hybridized carbons (Fsp3) is 0.348. The molecule has 4 heteroatoms. The summed E-state index contributed by atoms with van der Waals surface area (Å²) in [6.45, 7) is 12.7. The fourth-order valence-electron chi connectivity index (χ4n) is 3.34. The van der Waals surface area contributed by atoms with E-state index < -0.39 is 0 Å². The van der Waals surface area contributed by atoms with Crippen molar-refractivity contribution in [1.82, 2.24) is 4.98 Å². The van der Waals surface area contributed by atoms with Gasteiger partial charge in [-0.3, -0.25) is 0 Å². The van der Waals surface area contributed by atoms with Crippen molar-refractivity contribution in [3.63, 3.8) is 0 Å². The number of anilines is 2. The Morgan fingerprint density at radius 3 is 2.00 bits per heavy atom. The first-order chi connectivity index (χ1) is 13.2. The van der Waals surface area contributed by atoms with Gasteiger partial charge in [-0.15, -0.1) is 0 Å². The van der Waals surface area contributed by atoms with Crippen LogP contribution in [0.2, 0.25) is 0 Å². The first-order valence-electron chi connectivity index (χ1n) is 9.87. The van der Waals surface area contributed by atoms with Crippen LogP contribution < -0.4 is 9.80 Å². The molecule has 0 saturated carbocycles. The molecule has 0 amide bonds. The van der Waals surface area contributed by atoms with Gasteiger partial charge in [0.1, 0.15) is 5.52 Å². The molecule has 0 saturated heterocycles. The molecule has 1 heterocycles. The predicted molar refractivity (Wildman–Crippen MR) is 117 cm³/mol. The van der Waals surface area contributed by atoms with E-state index in [-0.39, 0.29) is 0 Å². The average molecular weight is 364 g/mol. The van der Waals surface area contributed by atoms with Crippen LogP contribution in [0.5, 0.6) is 0 Å². The van der Waals surface area contributed by atoms with Gasteiger partial charge in [0.2, 0.25) is 5.89 Å². The van der Waals surface area contributed by atoms with Crippen LogP contribution in [0.15, 0.2) is 46.9 Å². The Kier molecular flexibility index (Phi) is 6.17. The summed E-state index contributed by atoms with van der Waals surface area (Å²) in [5, 5.41) is 0. The number of benzene rings is 2. The molecule has 0 fully saturated rings. The molecular weight excluding hydrogens is 334 g/mol. The Hall–Kier alpha value is -2.75. The maximum absolute atomic E-state index is 5.93. The third-order valence-electron chi connectivity index (χ3n) is 4.96. The molecule has 2 aromatic carbocycles. The highest BCUT2D eigenvalue weighted by Gasteiger charge is 2.08. The van der Waals surface area contributed by atoms with Crippen LogP contribution in [0.25, 0.3) is 23.3 Å². The number of oxazole rings is 1. The predicted octanol–water partition coefficient (Wildman–Crippen LogP) is 5.69. The van der Waals surface area contributed by atoms with E-state index in [0.29, 0.717) is 5.89 Å². The van der Waals surface area contributed by atoms with Crippen LogP contribution in [-0.4, -0.2) is 31.2 Å². The molecule has 1 aromatic heterocycles. The number of rotatable bonds is 8. The van der Waals surface area contributed by atoms with Crippen molar-refractivity contribution >= 4 is 34.6 Å². The average Bonchev–Trinajstić information content (AvgIpc) is 3.11. The summed E-state index contributed by atoms with van der Waals surface area (Å²) in [4.78, 5) is 9.21. The van der Waals surface area contributed by atoms with Gasteiger partial charge in [-0.05, 0) is 63.6 Å². The largest absolute Gasteiger partial charge is 0.437 e. The third-order valence-corrected chi connectivity index (χ3v) is 4.96. The van der Waals surface area contributed by atoms with Crippen LogP contribution in [0, 0.1) is 0 Å². The van der Waals surface area contributed by atoms with Gasteiger partial charge in [-0.25, -0.2) is 4.98 Å². The zero-order valence-corrected chi connectivity index (χ0v) is 16.8. The Labute approximate surface area is 162 Å². The van der Waals surface area contributed by atoms with E-state index in [1.54, 1.807) is 0 Å². The van der Waals surface area contributed by atoms with Gasteiger partial charge >= 0.3 is 0 Å². The van der Waals surface area contributed by atoms with Crippen molar-refractivity contribution in [2.75, 3.05) is 36.0 Å². The number of fused-ring (bicyclic) bond motifs is 1. The second-order valence-electron chi connectivity index (χ2n) is 6.47. The maximum Gasteiger partial charge on any atom is 0.220 e. The molecule has 0 aliphatic heterocycles. The second-order valence-corrected chi connectivity index (χ2v) is 6.47. The van der Waals surface area contributed by atoms with Gasteiger partial charge in [0.25, 0.3) is 0 Å². The molecule has 0 spiro atoms. The molecule has 27 heavy (non-hydrogen) atoms. The minimum absolute atomic E-state index is 0.634. The first kappa shape index (κ1) is 19.0. The van der Waals surface area contributed by atoms with E-state index in [0.717, 1.165) is 42.8 Å². The SMILES string of the molecule is CCN(CC)c1ccc(/C=C/c2nc3ccc(N(CC)CC)cc3o2)cc1. The van der Waals surface area contributed by atoms with Crippen molar-refractivity contribution in [2.45, 2.75) is 27.7 Å². The van der Waals surface area contributed by atoms with Gasteiger partial charge in [0.15, 0.2) is 5.58 Å². The molecule has 142 valence electrons. The molecule has 0 radical (unpaired) electrons. The molecule has 0 atom stereocenters. The van der Waals surface area contributed by atoms with Crippen LogP contribution in [0.4, 0.5) is 11.4 Å². The highest BCUT2D eigenvalue weighted by molar-refractivity contribution is 5.80. The summed E-state index contributed by atoms with van der Waals surface area (Å²) < 4.78 is 5.93. The molecular formula is C23H29N3O. The highest BCUT2D eigenvalue weighted by atomic mass is 16.3. The van der Waals surface area contributed by atoms with E-state index in [1.165, 1.54) is 11.4 Å². The van der Waals surface area contributed by atoms with E-state index in [2.05, 4.69) is 78.9 Å². The molecule has 4 nitrogen and oxygen atoms in total. The van der Waals surface area contributed by atoms with Crippen molar-refractivity contribution in [1.29, 1.82) is 0 Å². The lowest BCUT2D eigenvalue weighted by molar-refractivity contribution is 0.589. The first-order valence-corrected chi connectivity index (χ1v) is 9.87.